The van der Waals surface area contributed by atoms with Crippen molar-refractivity contribution in [1.29, 1.82) is 0 Å². The fraction of sp³-hybridized carbons (Fsp3) is 0.650. The summed E-state index contributed by atoms with van der Waals surface area (Å²) in [5.41, 5.74) is 0.795. The van der Waals surface area contributed by atoms with E-state index in [-0.39, 0.29) is 11.5 Å². The summed E-state index contributed by atoms with van der Waals surface area (Å²) in [6.45, 7) is 1.88. The number of alkyl halides is 2. The lowest BCUT2D eigenvalue weighted by atomic mass is 10.2. The number of ether oxygens (including phenoxy) is 2. The van der Waals surface area contributed by atoms with E-state index in [0.29, 0.717) is 12.5 Å². The van der Waals surface area contributed by atoms with Gasteiger partial charge in [-0.15, -0.1) is 0 Å². The van der Waals surface area contributed by atoms with E-state index in [1.807, 2.05) is 0 Å². The van der Waals surface area contributed by atoms with Crippen molar-refractivity contribution in [2.24, 2.45) is 4.99 Å². The second kappa shape index (κ2) is 12.4. The molecule has 0 radical (unpaired) electrons. The number of nitrogens with zero attached hydrogens (tertiary/aromatic N) is 2. The fourth-order valence-electron chi connectivity index (χ4n) is 3.29. The van der Waals surface area contributed by atoms with Crippen LogP contribution in [0, 0.1) is 0 Å². The number of benzene rings is 1. The highest BCUT2D eigenvalue weighted by atomic mass is 19.3. The molecule has 0 bridgehead atoms. The van der Waals surface area contributed by atoms with E-state index < -0.39 is 6.61 Å². The highest BCUT2D eigenvalue weighted by Crippen LogP contribution is 2.29. The highest BCUT2D eigenvalue weighted by Gasteiger charge is 2.12. The third kappa shape index (κ3) is 7.88. The lowest BCUT2D eigenvalue weighted by molar-refractivity contribution is -0.0512. The zero-order valence-corrected chi connectivity index (χ0v) is 16.8. The van der Waals surface area contributed by atoms with Gasteiger partial charge in [0.1, 0.15) is 0 Å². The molecule has 0 amide bonds. The van der Waals surface area contributed by atoms with Gasteiger partial charge in [0.15, 0.2) is 17.5 Å². The molecule has 0 aromatic heterocycles. The first-order valence-electron chi connectivity index (χ1n) is 9.91. The molecule has 6 nitrogen and oxygen atoms in total. The molecular weight excluding hydrogens is 366 g/mol. The van der Waals surface area contributed by atoms with Crippen LogP contribution in [0.25, 0.3) is 0 Å². The Hall–Kier alpha value is -2.09. The summed E-state index contributed by atoms with van der Waals surface area (Å²) in [5, 5.41) is 6.49. The molecule has 0 saturated carbocycles. The average Bonchev–Trinajstić information content (AvgIpc) is 2.96. The Morgan fingerprint density at radius 2 is 1.89 bits per heavy atom. The number of halogens is 2. The lowest BCUT2D eigenvalue weighted by Crippen LogP contribution is -2.38. The number of methoxy groups -OCH3 is 1. The van der Waals surface area contributed by atoms with Gasteiger partial charge in [-0.05, 0) is 56.6 Å². The summed E-state index contributed by atoms with van der Waals surface area (Å²) in [4.78, 5) is 6.75. The molecule has 0 atom stereocenters. The maximum absolute atomic E-state index is 12.5. The number of guanidine groups is 1. The van der Waals surface area contributed by atoms with Crippen molar-refractivity contribution in [2.75, 3.05) is 40.3 Å². The van der Waals surface area contributed by atoms with Crippen LogP contribution in [-0.4, -0.2) is 57.8 Å². The van der Waals surface area contributed by atoms with Crippen LogP contribution in [0.3, 0.4) is 0 Å². The number of rotatable bonds is 9. The molecule has 2 rings (SSSR count). The SMILES string of the molecule is CN=C(NCCCN1CCCCCC1)NCc1ccc(OC)c(OC(F)F)c1. The summed E-state index contributed by atoms with van der Waals surface area (Å²) in [6.07, 6.45) is 6.35. The van der Waals surface area contributed by atoms with Gasteiger partial charge < -0.3 is 25.0 Å². The minimum absolute atomic E-state index is 0.0252. The molecule has 0 aliphatic carbocycles. The van der Waals surface area contributed by atoms with Crippen LogP contribution >= 0.6 is 0 Å². The predicted molar refractivity (Wildman–Crippen MR) is 107 cm³/mol. The Morgan fingerprint density at radius 1 is 1.14 bits per heavy atom. The second-order valence-corrected chi connectivity index (χ2v) is 6.83. The van der Waals surface area contributed by atoms with Crippen molar-refractivity contribution in [3.05, 3.63) is 23.8 Å². The van der Waals surface area contributed by atoms with Crippen molar-refractivity contribution in [1.82, 2.24) is 15.5 Å². The van der Waals surface area contributed by atoms with E-state index in [0.717, 1.165) is 25.1 Å². The second-order valence-electron chi connectivity index (χ2n) is 6.83. The topological polar surface area (TPSA) is 58.1 Å². The van der Waals surface area contributed by atoms with Crippen molar-refractivity contribution in [3.8, 4) is 11.5 Å². The normalized spacial score (nSPS) is 16.0. The third-order valence-electron chi connectivity index (χ3n) is 4.77. The molecule has 0 unspecified atom stereocenters. The van der Waals surface area contributed by atoms with Gasteiger partial charge in [0.2, 0.25) is 0 Å². The quantitative estimate of drug-likeness (QED) is 0.380. The number of aliphatic imine (C=N–C) groups is 1. The summed E-state index contributed by atoms with van der Waals surface area (Å²) in [7, 11) is 3.13. The van der Waals surface area contributed by atoms with Crippen molar-refractivity contribution in [2.45, 2.75) is 45.3 Å². The molecule has 2 N–H and O–H groups in total. The highest BCUT2D eigenvalue weighted by molar-refractivity contribution is 5.79. The van der Waals surface area contributed by atoms with E-state index >= 15 is 0 Å². The monoisotopic (exact) mass is 398 g/mol. The first-order valence-corrected chi connectivity index (χ1v) is 9.91. The summed E-state index contributed by atoms with van der Waals surface area (Å²) in [5.74, 6) is 0.986. The van der Waals surface area contributed by atoms with Gasteiger partial charge in [-0.2, -0.15) is 8.78 Å². The first kappa shape index (κ1) is 22.2. The Balaban J connectivity index is 1.75. The molecule has 8 heteroatoms. The van der Waals surface area contributed by atoms with Crippen molar-refractivity contribution in [3.63, 3.8) is 0 Å². The Kier molecular flexibility index (Phi) is 9.82. The summed E-state index contributed by atoms with van der Waals surface area (Å²) < 4.78 is 34.7. The van der Waals surface area contributed by atoms with Crippen LogP contribution in [0.4, 0.5) is 8.78 Å². The summed E-state index contributed by atoms with van der Waals surface area (Å²) >= 11 is 0. The van der Waals surface area contributed by atoms with Crippen molar-refractivity contribution >= 4 is 5.96 Å². The maximum Gasteiger partial charge on any atom is 0.387 e. The zero-order chi connectivity index (χ0) is 20.2. The van der Waals surface area contributed by atoms with E-state index in [2.05, 4.69) is 25.3 Å². The van der Waals surface area contributed by atoms with Gasteiger partial charge in [-0.1, -0.05) is 18.9 Å². The molecule has 158 valence electrons. The molecule has 0 spiro atoms. The Morgan fingerprint density at radius 3 is 2.54 bits per heavy atom. The van der Waals surface area contributed by atoms with Crippen LogP contribution in [0.5, 0.6) is 11.5 Å². The van der Waals surface area contributed by atoms with E-state index in [4.69, 9.17) is 4.74 Å². The minimum Gasteiger partial charge on any atom is -0.493 e. The largest absolute Gasteiger partial charge is 0.493 e. The fourth-order valence-corrected chi connectivity index (χ4v) is 3.29. The lowest BCUT2D eigenvalue weighted by Gasteiger charge is -2.20. The van der Waals surface area contributed by atoms with E-state index in [1.165, 1.54) is 45.9 Å². The number of likely N-dealkylation sites (tertiary alicyclic amines) is 1. The molecule has 1 aliphatic rings. The van der Waals surface area contributed by atoms with Gasteiger partial charge in [-0.25, -0.2) is 0 Å². The predicted octanol–water partition coefficient (Wildman–Crippen LogP) is 3.23. The Bertz CT molecular complexity index is 606. The molecule has 1 saturated heterocycles. The average molecular weight is 398 g/mol. The zero-order valence-electron chi connectivity index (χ0n) is 16.8. The molecular formula is C20H32F2N4O2. The van der Waals surface area contributed by atoms with E-state index in [9.17, 15) is 8.78 Å². The van der Waals surface area contributed by atoms with Gasteiger partial charge in [0, 0.05) is 20.1 Å². The standard InChI is InChI=1S/C20H32F2N4O2/c1-23-20(24-10-7-13-26-11-5-3-4-6-12-26)25-15-16-8-9-17(27-2)18(14-16)28-19(21)22/h8-9,14,19H,3-7,10-13,15H2,1-2H3,(H2,23,24,25). The Labute approximate surface area is 166 Å². The number of hydrogen-bond acceptors (Lipinski definition) is 4. The van der Waals surface area contributed by atoms with Crippen LogP contribution < -0.4 is 20.1 Å². The summed E-state index contributed by atoms with van der Waals surface area (Å²) in [6, 6.07) is 4.97. The molecule has 1 fully saturated rings. The van der Waals surface area contributed by atoms with Crippen molar-refractivity contribution < 1.29 is 18.3 Å². The molecule has 1 aliphatic heterocycles. The molecule has 1 aromatic carbocycles. The van der Waals surface area contributed by atoms with Crippen LogP contribution in [0.1, 0.15) is 37.7 Å². The molecule has 1 heterocycles. The maximum atomic E-state index is 12.5. The smallest absolute Gasteiger partial charge is 0.387 e. The van der Waals surface area contributed by atoms with Gasteiger partial charge in [-0.3, -0.25) is 4.99 Å². The van der Waals surface area contributed by atoms with Crippen LogP contribution in [0.2, 0.25) is 0 Å². The minimum atomic E-state index is -2.89. The first-order chi connectivity index (χ1) is 13.6. The molecule has 1 aromatic rings. The van der Waals surface area contributed by atoms with Gasteiger partial charge in [0.25, 0.3) is 0 Å². The van der Waals surface area contributed by atoms with E-state index in [1.54, 1.807) is 25.2 Å². The number of nitrogens with one attached hydrogen (secondary N) is 2. The number of hydrogen-bond donors (Lipinski definition) is 2. The third-order valence-corrected chi connectivity index (χ3v) is 4.77. The van der Waals surface area contributed by atoms with Crippen LogP contribution in [0.15, 0.2) is 23.2 Å². The van der Waals surface area contributed by atoms with Gasteiger partial charge >= 0.3 is 6.61 Å². The van der Waals surface area contributed by atoms with Crippen LogP contribution in [-0.2, 0) is 6.54 Å². The molecule has 28 heavy (non-hydrogen) atoms. The van der Waals surface area contributed by atoms with Gasteiger partial charge in [0.05, 0.1) is 7.11 Å².